The SMILES string of the molecule is COCC1=NOC(=O)/C1=C/c1ccc(N(C)C)s1. The van der Waals surface area contributed by atoms with E-state index in [1.54, 1.807) is 24.5 Å². The van der Waals surface area contributed by atoms with E-state index in [0.29, 0.717) is 11.3 Å². The van der Waals surface area contributed by atoms with Crippen LogP contribution in [0.3, 0.4) is 0 Å². The van der Waals surface area contributed by atoms with E-state index in [1.807, 2.05) is 31.1 Å². The number of thiophene rings is 1. The van der Waals surface area contributed by atoms with Crippen LogP contribution in [0.25, 0.3) is 6.08 Å². The van der Waals surface area contributed by atoms with E-state index in [4.69, 9.17) is 4.74 Å². The summed E-state index contributed by atoms with van der Waals surface area (Å²) in [6, 6.07) is 3.97. The van der Waals surface area contributed by atoms with E-state index in [9.17, 15) is 4.79 Å². The third-order valence-electron chi connectivity index (χ3n) is 2.39. The highest BCUT2D eigenvalue weighted by atomic mass is 32.1. The molecule has 0 amide bonds. The molecule has 1 aromatic heterocycles. The van der Waals surface area contributed by atoms with E-state index in [0.717, 1.165) is 9.88 Å². The average molecular weight is 266 g/mol. The predicted molar refractivity (Wildman–Crippen MR) is 72.0 cm³/mol. The molecule has 0 saturated carbocycles. The third kappa shape index (κ3) is 2.60. The van der Waals surface area contributed by atoms with Gasteiger partial charge in [-0.1, -0.05) is 5.16 Å². The number of carbonyl (C=O) groups excluding carboxylic acids is 1. The molecule has 0 saturated heterocycles. The summed E-state index contributed by atoms with van der Waals surface area (Å²) in [4.78, 5) is 19.2. The zero-order chi connectivity index (χ0) is 13.1. The van der Waals surface area contributed by atoms with E-state index < -0.39 is 5.97 Å². The first-order valence-corrected chi connectivity index (χ1v) is 6.20. The molecule has 0 aromatic carbocycles. The molecule has 0 atom stereocenters. The molecule has 5 nitrogen and oxygen atoms in total. The van der Waals surface area contributed by atoms with Gasteiger partial charge in [-0.3, -0.25) is 0 Å². The molecule has 0 radical (unpaired) electrons. The molecular formula is C12H14N2O3S. The summed E-state index contributed by atoms with van der Waals surface area (Å²) in [6.45, 7) is 0.267. The van der Waals surface area contributed by atoms with Gasteiger partial charge in [-0.2, -0.15) is 0 Å². The first kappa shape index (κ1) is 12.8. The zero-order valence-corrected chi connectivity index (χ0v) is 11.3. The number of hydrogen-bond donors (Lipinski definition) is 0. The minimum atomic E-state index is -0.429. The highest BCUT2D eigenvalue weighted by molar-refractivity contribution is 7.17. The van der Waals surface area contributed by atoms with Crippen molar-refractivity contribution in [1.29, 1.82) is 0 Å². The van der Waals surface area contributed by atoms with Gasteiger partial charge in [-0.25, -0.2) is 4.79 Å². The summed E-state index contributed by atoms with van der Waals surface area (Å²) in [6.07, 6.45) is 1.78. The van der Waals surface area contributed by atoms with Crippen LogP contribution >= 0.6 is 11.3 Å². The highest BCUT2D eigenvalue weighted by Crippen LogP contribution is 2.27. The van der Waals surface area contributed by atoms with Crippen LogP contribution in [0.1, 0.15) is 4.88 Å². The maximum absolute atomic E-state index is 11.5. The summed E-state index contributed by atoms with van der Waals surface area (Å²) in [7, 11) is 5.51. The number of oxime groups is 1. The van der Waals surface area contributed by atoms with Crippen molar-refractivity contribution < 1.29 is 14.4 Å². The standard InChI is InChI=1S/C12H14N2O3S/c1-14(2)11-5-4-8(18-11)6-9-10(7-16-3)13-17-12(9)15/h4-6H,7H2,1-3H3/b9-6+. The van der Waals surface area contributed by atoms with E-state index >= 15 is 0 Å². The van der Waals surface area contributed by atoms with Crippen LogP contribution in [0, 0.1) is 0 Å². The lowest BCUT2D eigenvalue weighted by Crippen LogP contribution is -2.10. The molecule has 1 aromatic rings. The van der Waals surface area contributed by atoms with Crippen molar-refractivity contribution in [2.75, 3.05) is 32.7 Å². The molecule has 0 bridgehead atoms. The number of methoxy groups -OCH3 is 1. The van der Waals surface area contributed by atoms with Crippen molar-refractivity contribution >= 4 is 34.1 Å². The Morgan fingerprint density at radius 1 is 1.50 bits per heavy atom. The van der Waals surface area contributed by atoms with Gasteiger partial charge in [-0.05, 0) is 18.2 Å². The lowest BCUT2D eigenvalue weighted by atomic mass is 10.1. The van der Waals surface area contributed by atoms with Gasteiger partial charge >= 0.3 is 5.97 Å². The molecule has 18 heavy (non-hydrogen) atoms. The van der Waals surface area contributed by atoms with Crippen LogP contribution in [0.4, 0.5) is 5.00 Å². The van der Waals surface area contributed by atoms with Crippen LogP contribution < -0.4 is 4.90 Å². The fourth-order valence-corrected chi connectivity index (χ4v) is 2.37. The molecule has 0 fully saturated rings. The number of carbonyl (C=O) groups is 1. The Kier molecular flexibility index (Phi) is 3.78. The maximum atomic E-state index is 11.5. The van der Waals surface area contributed by atoms with Crippen molar-refractivity contribution in [3.8, 4) is 0 Å². The molecule has 2 heterocycles. The lowest BCUT2D eigenvalue weighted by Gasteiger charge is -2.06. The maximum Gasteiger partial charge on any atom is 0.367 e. The number of hydrogen-bond acceptors (Lipinski definition) is 6. The van der Waals surface area contributed by atoms with Crippen molar-refractivity contribution in [3.05, 3.63) is 22.6 Å². The first-order valence-electron chi connectivity index (χ1n) is 5.38. The largest absolute Gasteiger partial charge is 0.378 e. The van der Waals surface area contributed by atoms with Gasteiger partial charge in [-0.15, -0.1) is 11.3 Å². The number of nitrogens with zero attached hydrogens (tertiary/aromatic N) is 2. The van der Waals surface area contributed by atoms with Gasteiger partial charge in [0.15, 0.2) is 0 Å². The summed E-state index contributed by atoms with van der Waals surface area (Å²) in [5.74, 6) is -0.429. The first-order chi connectivity index (χ1) is 8.61. The molecule has 2 rings (SSSR count). The summed E-state index contributed by atoms with van der Waals surface area (Å²) < 4.78 is 4.98. The van der Waals surface area contributed by atoms with Crippen LogP contribution in [0.15, 0.2) is 22.9 Å². The number of anilines is 1. The van der Waals surface area contributed by atoms with Crippen molar-refractivity contribution in [2.24, 2.45) is 5.16 Å². The molecule has 1 aliphatic rings. The summed E-state index contributed by atoms with van der Waals surface area (Å²) in [5.41, 5.74) is 0.992. The number of ether oxygens (including phenoxy) is 1. The Labute approximate surface area is 109 Å². The van der Waals surface area contributed by atoms with Gasteiger partial charge < -0.3 is 14.5 Å². The Balaban J connectivity index is 2.25. The average Bonchev–Trinajstić information content (AvgIpc) is 2.91. The van der Waals surface area contributed by atoms with Gasteiger partial charge in [0.05, 0.1) is 17.2 Å². The van der Waals surface area contributed by atoms with E-state index in [-0.39, 0.29) is 6.61 Å². The Morgan fingerprint density at radius 2 is 2.28 bits per heavy atom. The second-order valence-electron chi connectivity index (χ2n) is 3.98. The minimum Gasteiger partial charge on any atom is -0.378 e. The van der Waals surface area contributed by atoms with Crippen molar-refractivity contribution in [1.82, 2.24) is 0 Å². The van der Waals surface area contributed by atoms with Crippen LogP contribution in [0.2, 0.25) is 0 Å². The smallest absolute Gasteiger partial charge is 0.367 e. The summed E-state index contributed by atoms with van der Waals surface area (Å²) >= 11 is 1.60. The van der Waals surface area contributed by atoms with Gasteiger partial charge in [0.1, 0.15) is 5.71 Å². The molecule has 0 spiro atoms. The number of rotatable bonds is 4. The lowest BCUT2D eigenvalue weighted by molar-refractivity contribution is -0.136. The minimum absolute atomic E-state index is 0.267. The second-order valence-corrected chi connectivity index (χ2v) is 5.07. The molecule has 0 unspecified atom stereocenters. The summed E-state index contributed by atoms with van der Waals surface area (Å²) in [5, 5.41) is 4.82. The molecule has 0 aliphatic carbocycles. The molecule has 96 valence electrons. The van der Waals surface area contributed by atoms with Crippen molar-refractivity contribution in [3.63, 3.8) is 0 Å². The Bertz CT molecular complexity index is 517. The topological polar surface area (TPSA) is 51.1 Å². The van der Waals surface area contributed by atoms with E-state index in [1.165, 1.54) is 0 Å². The molecule has 1 aliphatic heterocycles. The fraction of sp³-hybridized carbons (Fsp3) is 0.333. The molecule has 6 heteroatoms. The molecular weight excluding hydrogens is 252 g/mol. The zero-order valence-electron chi connectivity index (χ0n) is 10.5. The van der Waals surface area contributed by atoms with Crippen LogP contribution in [-0.4, -0.2) is 39.5 Å². The second kappa shape index (κ2) is 5.32. The fourth-order valence-electron chi connectivity index (χ4n) is 1.50. The van der Waals surface area contributed by atoms with Gasteiger partial charge in [0.25, 0.3) is 0 Å². The quantitative estimate of drug-likeness (QED) is 0.615. The Morgan fingerprint density at radius 3 is 2.89 bits per heavy atom. The van der Waals surface area contributed by atoms with Crippen LogP contribution in [0.5, 0.6) is 0 Å². The van der Waals surface area contributed by atoms with Crippen molar-refractivity contribution in [2.45, 2.75) is 0 Å². The third-order valence-corrected chi connectivity index (χ3v) is 3.59. The molecule has 0 N–H and O–H groups in total. The van der Waals surface area contributed by atoms with Gasteiger partial charge in [0.2, 0.25) is 0 Å². The highest BCUT2D eigenvalue weighted by Gasteiger charge is 2.25. The van der Waals surface area contributed by atoms with Crippen LogP contribution in [-0.2, 0) is 14.4 Å². The monoisotopic (exact) mass is 266 g/mol. The van der Waals surface area contributed by atoms with Gasteiger partial charge in [0, 0.05) is 26.1 Å². The normalized spacial score (nSPS) is 16.9. The van der Waals surface area contributed by atoms with E-state index in [2.05, 4.69) is 9.99 Å². The predicted octanol–water partition coefficient (Wildman–Crippen LogP) is 1.76. The Hall–Kier alpha value is -1.66.